The Hall–Kier alpha value is -1.26. The number of carbonyl (C=O) groups excluding carboxylic acids is 1. The lowest BCUT2D eigenvalue weighted by Gasteiger charge is -2.32. The van der Waals surface area contributed by atoms with E-state index in [9.17, 15) is 4.79 Å². The molecule has 1 aromatic rings. The molecule has 1 aromatic carbocycles. The minimum Gasteiger partial charge on any atom is -0.481 e. The second kappa shape index (κ2) is 9.14. The number of ether oxygens (including phenoxy) is 1. The Morgan fingerprint density at radius 3 is 2.74 bits per heavy atom. The fraction of sp³-hybridized carbons (Fsp3) is 0.611. The molecular weight excluding hydrogens is 312 g/mol. The van der Waals surface area contributed by atoms with Gasteiger partial charge in [0.2, 0.25) is 0 Å². The first kappa shape index (κ1) is 18.1. The highest BCUT2D eigenvalue weighted by Gasteiger charge is 2.24. The Balaban J connectivity index is 1.83. The Morgan fingerprint density at radius 2 is 2.13 bits per heavy atom. The van der Waals surface area contributed by atoms with E-state index in [2.05, 4.69) is 17.1 Å². The minimum absolute atomic E-state index is 0.0265. The van der Waals surface area contributed by atoms with E-state index in [0.717, 1.165) is 32.5 Å². The number of rotatable bonds is 7. The SMILES string of the molecule is CCCN1CCC(NC(=O)[C@@H](CC)Oc2cccc(Cl)c2)CC1. The van der Waals surface area contributed by atoms with Crippen molar-refractivity contribution in [2.75, 3.05) is 19.6 Å². The first-order valence-electron chi connectivity index (χ1n) is 8.57. The molecule has 5 heteroatoms. The summed E-state index contributed by atoms with van der Waals surface area (Å²) in [4.78, 5) is 14.9. The summed E-state index contributed by atoms with van der Waals surface area (Å²) in [7, 11) is 0. The van der Waals surface area contributed by atoms with Gasteiger partial charge in [-0.2, -0.15) is 0 Å². The molecule has 1 N–H and O–H groups in total. The molecule has 0 saturated carbocycles. The molecule has 1 heterocycles. The zero-order valence-corrected chi connectivity index (χ0v) is 14.8. The van der Waals surface area contributed by atoms with Gasteiger partial charge in [-0.15, -0.1) is 0 Å². The average molecular weight is 339 g/mol. The summed E-state index contributed by atoms with van der Waals surface area (Å²) in [5.74, 6) is 0.610. The topological polar surface area (TPSA) is 41.6 Å². The monoisotopic (exact) mass is 338 g/mol. The number of nitrogens with one attached hydrogen (secondary N) is 1. The van der Waals surface area contributed by atoms with Gasteiger partial charge in [0.1, 0.15) is 5.75 Å². The molecule has 1 saturated heterocycles. The van der Waals surface area contributed by atoms with Gasteiger partial charge < -0.3 is 15.0 Å². The Labute approximate surface area is 144 Å². The van der Waals surface area contributed by atoms with Gasteiger partial charge in [0, 0.05) is 24.2 Å². The maximum absolute atomic E-state index is 12.5. The van der Waals surface area contributed by atoms with Gasteiger partial charge in [0.25, 0.3) is 5.91 Å². The van der Waals surface area contributed by atoms with E-state index < -0.39 is 6.10 Å². The lowest BCUT2D eigenvalue weighted by molar-refractivity contribution is -0.129. The smallest absolute Gasteiger partial charge is 0.261 e. The van der Waals surface area contributed by atoms with Crippen LogP contribution in [0.5, 0.6) is 5.75 Å². The molecule has 1 atom stereocenters. The third-order valence-corrected chi connectivity index (χ3v) is 4.45. The van der Waals surface area contributed by atoms with Crippen LogP contribution < -0.4 is 10.1 Å². The second-order valence-electron chi connectivity index (χ2n) is 6.10. The van der Waals surface area contributed by atoms with Gasteiger partial charge in [-0.25, -0.2) is 0 Å². The zero-order chi connectivity index (χ0) is 16.7. The van der Waals surface area contributed by atoms with Crippen molar-refractivity contribution in [1.82, 2.24) is 10.2 Å². The van der Waals surface area contributed by atoms with Gasteiger partial charge >= 0.3 is 0 Å². The van der Waals surface area contributed by atoms with E-state index in [4.69, 9.17) is 16.3 Å². The zero-order valence-electron chi connectivity index (χ0n) is 14.1. The van der Waals surface area contributed by atoms with Crippen LogP contribution >= 0.6 is 11.6 Å². The van der Waals surface area contributed by atoms with Crippen LogP contribution in [-0.2, 0) is 4.79 Å². The molecule has 0 aromatic heterocycles. The molecule has 2 rings (SSSR count). The molecular formula is C18H27ClN2O2. The van der Waals surface area contributed by atoms with Crippen LogP contribution in [0.1, 0.15) is 39.5 Å². The lowest BCUT2D eigenvalue weighted by Crippen LogP contribution is -2.48. The molecule has 0 bridgehead atoms. The predicted octanol–water partition coefficient (Wildman–Crippen LogP) is 3.49. The molecule has 1 aliphatic rings. The molecule has 128 valence electrons. The number of nitrogens with zero attached hydrogens (tertiary/aromatic N) is 1. The number of hydrogen-bond acceptors (Lipinski definition) is 3. The predicted molar refractivity (Wildman–Crippen MR) is 94.1 cm³/mol. The highest BCUT2D eigenvalue weighted by molar-refractivity contribution is 6.30. The number of carbonyl (C=O) groups is 1. The van der Waals surface area contributed by atoms with Crippen LogP contribution in [0.3, 0.4) is 0 Å². The minimum atomic E-state index is -0.470. The van der Waals surface area contributed by atoms with E-state index in [0.29, 0.717) is 17.2 Å². The van der Waals surface area contributed by atoms with Crippen LogP contribution in [0.2, 0.25) is 5.02 Å². The van der Waals surface area contributed by atoms with Crippen molar-refractivity contribution in [3.63, 3.8) is 0 Å². The van der Waals surface area contributed by atoms with Crippen LogP contribution in [0.15, 0.2) is 24.3 Å². The highest BCUT2D eigenvalue weighted by Crippen LogP contribution is 2.19. The van der Waals surface area contributed by atoms with Crippen molar-refractivity contribution in [1.29, 1.82) is 0 Å². The van der Waals surface area contributed by atoms with Gasteiger partial charge in [0.15, 0.2) is 6.10 Å². The van der Waals surface area contributed by atoms with E-state index in [-0.39, 0.29) is 11.9 Å². The van der Waals surface area contributed by atoms with E-state index in [1.54, 1.807) is 12.1 Å². The third-order valence-electron chi connectivity index (χ3n) is 4.21. The number of piperidine rings is 1. The van der Waals surface area contributed by atoms with Gasteiger partial charge in [-0.3, -0.25) is 4.79 Å². The van der Waals surface area contributed by atoms with E-state index in [1.165, 1.54) is 6.42 Å². The molecule has 0 unspecified atom stereocenters. The normalized spacial score (nSPS) is 17.7. The maximum Gasteiger partial charge on any atom is 0.261 e. The van der Waals surface area contributed by atoms with Crippen LogP contribution in [0.4, 0.5) is 0 Å². The van der Waals surface area contributed by atoms with Crippen molar-refractivity contribution in [2.45, 2.75) is 51.7 Å². The van der Waals surface area contributed by atoms with Crippen molar-refractivity contribution in [2.24, 2.45) is 0 Å². The lowest BCUT2D eigenvalue weighted by atomic mass is 10.0. The molecule has 1 amide bonds. The first-order valence-corrected chi connectivity index (χ1v) is 8.95. The van der Waals surface area contributed by atoms with Crippen molar-refractivity contribution in [3.05, 3.63) is 29.3 Å². The first-order chi connectivity index (χ1) is 11.1. The molecule has 0 aliphatic carbocycles. The summed E-state index contributed by atoms with van der Waals surface area (Å²) in [5.41, 5.74) is 0. The molecule has 0 spiro atoms. The third kappa shape index (κ3) is 5.70. The van der Waals surface area contributed by atoms with Crippen LogP contribution in [0, 0.1) is 0 Å². The Kier molecular flexibility index (Phi) is 7.18. The highest BCUT2D eigenvalue weighted by atomic mass is 35.5. The maximum atomic E-state index is 12.5. The largest absolute Gasteiger partial charge is 0.481 e. The summed E-state index contributed by atoms with van der Waals surface area (Å²) in [6, 6.07) is 7.43. The molecule has 0 radical (unpaired) electrons. The Bertz CT molecular complexity index is 502. The molecule has 23 heavy (non-hydrogen) atoms. The Morgan fingerprint density at radius 1 is 1.39 bits per heavy atom. The number of likely N-dealkylation sites (tertiary alicyclic amines) is 1. The summed E-state index contributed by atoms with van der Waals surface area (Å²) in [6.45, 7) is 7.43. The van der Waals surface area contributed by atoms with Crippen LogP contribution in [0.25, 0.3) is 0 Å². The standard InChI is InChI=1S/C18H27ClN2O2/c1-3-10-21-11-8-15(9-12-21)20-18(22)17(4-2)23-16-7-5-6-14(19)13-16/h5-7,13,15,17H,3-4,8-12H2,1-2H3,(H,20,22)/t17-/m1/s1. The number of halogens is 1. The summed E-state index contributed by atoms with van der Waals surface area (Å²) < 4.78 is 5.80. The van der Waals surface area contributed by atoms with Gasteiger partial charge in [0.05, 0.1) is 0 Å². The number of hydrogen-bond donors (Lipinski definition) is 1. The van der Waals surface area contributed by atoms with Crippen LogP contribution in [-0.4, -0.2) is 42.6 Å². The average Bonchev–Trinajstić information content (AvgIpc) is 2.54. The molecule has 4 nitrogen and oxygen atoms in total. The summed E-state index contributed by atoms with van der Waals surface area (Å²) in [6.07, 6.45) is 3.37. The summed E-state index contributed by atoms with van der Waals surface area (Å²) in [5, 5.41) is 3.76. The number of benzene rings is 1. The van der Waals surface area contributed by atoms with Gasteiger partial charge in [-0.1, -0.05) is 31.5 Å². The van der Waals surface area contributed by atoms with Crippen molar-refractivity contribution < 1.29 is 9.53 Å². The quantitative estimate of drug-likeness (QED) is 0.827. The van der Waals surface area contributed by atoms with E-state index in [1.807, 2.05) is 19.1 Å². The number of amides is 1. The molecule has 1 aliphatic heterocycles. The van der Waals surface area contributed by atoms with E-state index >= 15 is 0 Å². The summed E-state index contributed by atoms with van der Waals surface area (Å²) >= 11 is 5.96. The fourth-order valence-electron chi connectivity index (χ4n) is 2.94. The second-order valence-corrected chi connectivity index (χ2v) is 6.53. The van der Waals surface area contributed by atoms with Crippen molar-refractivity contribution >= 4 is 17.5 Å². The molecule has 1 fully saturated rings. The van der Waals surface area contributed by atoms with Crippen molar-refractivity contribution in [3.8, 4) is 5.75 Å². The fourth-order valence-corrected chi connectivity index (χ4v) is 3.12. The van der Waals surface area contributed by atoms with Gasteiger partial charge in [-0.05, 0) is 50.4 Å².